The van der Waals surface area contributed by atoms with Crippen LogP contribution >= 0.6 is 11.8 Å². The van der Waals surface area contributed by atoms with Gasteiger partial charge in [0, 0.05) is 32.5 Å². The van der Waals surface area contributed by atoms with Crippen molar-refractivity contribution in [3.63, 3.8) is 0 Å². The first-order valence-electron chi connectivity index (χ1n) is 7.25. The Morgan fingerprint density at radius 1 is 1.30 bits per heavy atom. The summed E-state index contributed by atoms with van der Waals surface area (Å²) in [7, 11) is 3.92. The Balaban J connectivity index is 1.98. The highest BCUT2D eigenvalue weighted by molar-refractivity contribution is 7.98. The number of nitrogens with one attached hydrogen (secondary N) is 1. The summed E-state index contributed by atoms with van der Waals surface area (Å²) in [6.45, 7) is 0.156. The van der Waals surface area contributed by atoms with Gasteiger partial charge in [-0.3, -0.25) is 4.79 Å². The quantitative estimate of drug-likeness (QED) is 0.796. The maximum Gasteiger partial charge on any atom is 0.254 e. The summed E-state index contributed by atoms with van der Waals surface area (Å²) >= 11 is 1.42. The number of pyridine rings is 1. The summed E-state index contributed by atoms with van der Waals surface area (Å²) in [6, 6.07) is 11.1. The van der Waals surface area contributed by atoms with E-state index in [-0.39, 0.29) is 12.5 Å². The van der Waals surface area contributed by atoms with Gasteiger partial charge >= 0.3 is 0 Å². The molecule has 122 valence electrons. The first-order chi connectivity index (χ1) is 11.0. The number of carbonyl (C=O) groups is 1. The highest BCUT2D eigenvalue weighted by Gasteiger charge is 2.14. The molecule has 0 aliphatic heterocycles. The number of thioether (sulfide) groups is 1. The number of anilines is 1. The SMILES string of the molecule is CSc1ncccc1C(=O)NCC(O)c1ccc(N(C)C)cc1. The van der Waals surface area contributed by atoms with E-state index in [0.717, 1.165) is 11.3 Å². The highest BCUT2D eigenvalue weighted by atomic mass is 32.2. The van der Waals surface area contributed by atoms with Crippen LogP contribution in [0.25, 0.3) is 0 Å². The summed E-state index contributed by atoms with van der Waals surface area (Å²) in [6.07, 6.45) is 2.79. The lowest BCUT2D eigenvalue weighted by Gasteiger charge is -2.16. The normalized spacial score (nSPS) is 11.8. The molecule has 2 N–H and O–H groups in total. The zero-order valence-corrected chi connectivity index (χ0v) is 14.3. The highest BCUT2D eigenvalue weighted by Crippen LogP contribution is 2.19. The van der Waals surface area contributed by atoms with Crippen molar-refractivity contribution in [1.82, 2.24) is 10.3 Å². The molecular formula is C17H21N3O2S. The Labute approximate surface area is 140 Å². The third-order valence-electron chi connectivity index (χ3n) is 3.46. The van der Waals surface area contributed by atoms with Gasteiger partial charge in [0.25, 0.3) is 5.91 Å². The Bertz CT molecular complexity index is 659. The Kier molecular flexibility index (Phi) is 6.01. The van der Waals surface area contributed by atoms with Crippen LogP contribution in [0.5, 0.6) is 0 Å². The van der Waals surface area contributed by atoms with Gasteiger partial charge in [-0.15, -0.1) is 11.8 Å². The summed E-state index contributed by atoms with van der Waals surface area (Å²) in [5.74, 6) is -0.230. The lowest BCUT2D eigenvalue weighted by Crippen LogP contribution is -2.29. The minimum Gasteiger partial charge on any atom is -0.387 e. The largest absolute Gasteiger partial charge is 0.387 e. The maximum absolute atomic E-state index is 12.2. The molecule has 0 fully saturated rings. The summed E-state index contributed by atoms with van der Waals surface area (Å²) in [5.41, 5.74) is 2.35. The molecule has 23 heavy (non-hydrogen) atoms. The second-order valence-corrected chi connectivity index (χ2v) is 6.07. The zero-order valence-electron chi connectivity index (χ0n) is 13.5. The van der Waals surface area contributed by atoms with Crippen LogP contribution in [-0.4, -0.2) is 42.9 Å². The van der Waals surface area contributed by atoms with E-state index in [1.165, 1.54) is 11.8 Å². The van der Waals surface area contributed by atoms with Crippen LogP contribution in [0.3, 0.4) is 0 Å². The lowest BCUT2D eigenvalue weighted by atomic mass is 10.1. The first-order valence-corrected chi connectivity index (χ1v) is 8.48. The number of benzene rings is 1. The van der Waals surface area contributed by atoms with Gasteiger partial charge < -0.3 is 15.3 Å². The molecule has 0 aliphatic carbocycles. The van der Waals surface area contributed by atoms with E-state index < -0.39 is 6.10 Å². The monoisotopic (exact) mass is 331 g/mol. The molecule has 2 aromatic rings. The number of carbonyl (C=O) groups excluding carboxylic acids is 1. The number of rotatable bonds is 6. The summed E-state index contributed by atoms with van der Waals surface area (Å²) in [4.78, 5) is 18.4. The molecule has 2 rings (SSSR count). The molecular weight excluding hydrogens is 310 g/mol. The minimum atomic E-state index is -0.746. The van der Waals surface area contributed by atoms with Crippen LogP contribution in [0, 0.1) is 0 Å². The molecule has 1 heterocycles. The standard InChI is InChI=1S/C17H21N3O2S/c1-20(2)13-8-6-12(7-9-13)15(21)11-19-16(22)14-5-4-10-18-17(14)23-3/h4-10,15,21H,11H2,1-3H3,(H,19,22). The number of amides is 1. The van der Waals surface area contributed by atoms with Gasteiger partial charge in [0.05, 0.1) is 11.7 Å². The van der Waals surface area contributed by atoms with Crippen molar-refractivity contribution in [3.8, 4) is 0 Å². The van der Waals surface area contributed by atoms with Crippen LogP contribution in [0.4, 0.5) is 5.69 Å². The van der Waals surface area contributed by atoms with Crippen LogP contribution in [0.15, 0.2) is 47.6 Å². The van der Waals surface area contributed by atoms with E-state index in [4.69, 9.17) is 0 Å². The molecule has 0 aliphatic rings. The second kappa shape index (κ2) is 7.99. The summed E-state index contributed by atoms with van der Waals surface area (Å²) in [5, 5.41) is 13.7. The van der Waals surface area contributed by atoms with E-state index in [1.807, 2.05) is 49.5 Å². The molecule has 0 saturated carbocycles. The van der Waals surface area contributed by atoms with Crippen molar-refractivity contribution >= 4 is 23.4 Å². The number of aromatic nitrogens is 1. The van der Waals surface area contributed by atoms with Gasteiger partial charge in [-0.05, 0) is 36.1 Å². The van der Waals surface area contributed by atoms with Crippen molar-refractivity contribution in [3.05, 3.63) is 53.7 Å². The molecule has 0 radical (unpaired) electrons. The van der Waals surface area contributed by atoms with E-state index >= 15 is 0 Å². The van der Waals surface area contributed by atoms with Gasteiger partial charge in [0.1, 0.15) is 5.03 Å². The van der Waals surface area contributed by atoms with Gasteiger partial charge in [-0.25, -0.2) is 4.98 Å². The fourth-order valence-electron chi connectivity index (χ4n) is 2.12. The molecule has 1 atom stereocenters. The fourth-order valence-corrected chi connectivity index (χ4v) is 2.67. The average Bonchev–Trinajstić information content (AvgIpc) is 2.59. The molecule has 1 unspecified atom stereocenters. The Morgan fingerprint density at radius 2 is 2.00 bits per heavy atom. The molecule has 1 amide bonds. The molecule has 6 heteroatoms. The molecule has 1 aromatic heterocycles. The summed E-state index contributed by atoms with van der Waals surface area (Å²) < 4.78 is 0. The van der Waals surface area contributed by atoms with E-state index in [1.54, 1.807) is 18.3 Å². The van der Waals surface area contributed by atoms with Crippen molar-refractivity contribution in [2.24, 2.45) is 0 Å². The van der Waals surface area contributed by atoms with Crippen molar-refractivity contribution in [2.75, 3.05) is 31.8 Å². The first kappa shape index (κ1) is 17.3. The van der Waals surface area contributed by atoms with Gasteiger partial charge in [0.15, 0.2) is 0 Å². The lowest BCUT2D eigenvalue weighted by molar-refractivity contribution is 0.0912. The minimum absolute atomic E-state index is 0.156. The molecule has 0 bridgehead atoms. The Hall–Kier alpha value is -2.05. The predicted molar refractivity (Wildman–Crippen MR) is 94.1 cm³/mol. The topological polar surface area (TPSA) is 65.5 Å². The molecule has 0 saturated heterocycles. The van der Waals surface area contributed by atoms with Crippen LogP contribution in [0.2, 0.25) is 0 Å². The number of aliphatic hydroxyl groups is 1. The van der Waals surface area contributed by atoms with Crippen molar-refractivity contribution in [1.29, 1.82) is 0 Å². The van der Waals surface area contributed by atoms with E-state index in [9.17, 15) is 9.90 Å². The molecule has 0 spiro atoms. The van der Waals surface area contributed by atoms with Gasteiger partial charge in [0.2, 0.25) is 0 Å². The number of aliphatic hydroxyl groups excluding tert-OH is 1. The van der Waals surface area contributed by atoms with Crippen molar-refractivity contribution < 1.29 is 9.90 Å². The van der Waals surface area contributed by atoms with E-state index in [2.05, 4.69) is 10.3 Å². The predicted octanol–water partition coefficient (Wildman–Crippen LogP) is 2.33. The van der Waals surface area contributed by atoms with Crippen LogP contribution < -0.4 is 10.2 Å². The van der Waals surface area contributed by atoms with Gasteiger partial charge in [-0.2, -0.15) is 0 Å². The third-order valence-corrected chi connectivity index (χ3v) is 4.17. The average molecular weight is 331 g/mol. The molecule has 1 aromatic carbocycles. The number of hydrogen-bond acceptors (Lipinski definition) is 5. The number of nitrogens with zero attached hydrogens (tertiary/aromatic N) is 2. The van der Waals surface area contributed by atoms with Crippen LogP contribution in [-0.2, 0) is 0 Å². The van der Waals surface area contributed by atoms with Crippen molar-refractivity contribution in [2.45, 2.75) is 11.1 Å². The van der Waals surface area contributed by atoms with E-state index in [0.29, 0.717) is 10.6 Å². The smallest absolute Gasteiger partial charge is 0.254 e. The Morgan fingerprint density at radius 3 is 2.61 bits per heavy atom. The number of hydrogen-bond donors (Lipinski definition) is 2. The maximum atomic E-state index is 12.2. The fraction of sp³-hybridized carbons (Fsp3) is 0.294. The molecule has 5 nitrogen and oxygen atoms in total. The second-order valence-electron chi connectivity index (χ2n) is 5.27. The third kappa shape index (κ3) is 4.46. The zero-order chi connectivity index (χ0) is 16.8. The van der Waals surface area contributed by atoms with Crippen LogP contribution in [0.1, 0.15) is 22.0 Å². The van der Waals surface area contributed by atoms with Gasteiger partial charge in [-0.1, -0.05) is 12.1 Å².